The van der Waals surface area contributed by atoms with E-state index in [1.165, 1.54) is 17.0 Å². The van der Waals surface area contributed by atoms with E-state index in [-0.39, 0.29) is 18.7 Å². The number of hydrogen-bond acceptors (Lipinski definition) is 8. The number of phenolic OH excluding ortho intramolecular Hbond substituents is 1. The molecule has 0 aromatic heterocycles. The maximum absolute atomic E-state index is 14.4. The number of esters is 1. The smallest absolute Gasteiger partial charge is 0.408 e. The molecule has 3 unspecified atom stereocenters. The zero-order valence-corrected chi connectivity index (χ0v) is 29.1. The Morgan fingerprint density at radius 1 is 0.851 bits per heavy atom. The maximum atomic E-state index is 14.4. The van der Waals surface area contributed by atoms with Gasteiger partial charge in [-0.1, -0.05) is 62.6 Å². The molecule has 0 saturated heterocycles. The standard InChI is InChI=1S/C36H53N3O8/c1-9-10-11-15-20-39(32(43)28(23-40)38-34(45)47-36(6,7)8)30(26-18-19-29(41)24(2)21-26)31(42)37-27(33(44)46-35(3,4)5)22-25-16-13-12-14-17-25/h12-14,16-19,21,27-28,30,40-41H,9-11,15,20,22-23H2,1-8H3,(H,37,42)(H,38,45). The third-order valence-electron chi connectivity index (χ3n) is 7.09. The first-order valence-electron chi connectivity index (χ1n) is 16.2. The van der Waals surface area contributed by atoms with Crippen LogP contribution in [-0.4, -0.2) is 75.4 Å². The summed E-state index contributed by atoms with van der Waals surface area (Å²) >= 11 is 0. The summed E-state index contributed by atoms with van der Waals surface area (Å²) in [4.78, 5) is 56.0. The number of aryl methyl sites for hydroxylation is 1. The number of unbranched alkanes of at least 4 members (excludes halogenated alkanes) is 3. The molecule has 2 aromatic carbocycles. The molecule has 260 valence electrons. The number of amides is 3. The number of alkyl carbamates (subject to hydrolysis) is 1. The Hall–Kier alpha value is -4.12. The lowest BCUT2D eigenvalue weighted by atomic mass is 9.98. The van der Waals surface area contributed by atoms with Crippen LogP contribution in [0, 0.1) is 6.92 Å². The first-order chi connectivity index (χ1) is 22.0. The molecule has 0 spiro atoms. The minimum atomic E-state index is -1.42. The summed E-state index contributed by atoms with van der Waals surface area (Å²) in [6, 6.07) is 9.92. The maximum Gasteiger partial charge on any atom is 0.408 e. The van der Waals surface area contributed by atoms with Crippen LogP contribution < -0.4 is 10.6 Å². The van der Waals surface area contributed by atoms with E-state index in [0.717, 1.165) is 24.8 Å². The zero-order valence-electron chi connectivity index (χ0n) is 29.1. The van der Waals surface area contributed by atoms with Crippen molar-refractivity contribution in [3.05, 3.63) is 65.2 Å². The Kier molecular flexibility index (Phi) is 14.7. The molecule has 0 radical (unpaired) electrons. The number of ether oxygens (including phenoxy) is 2. The van der Waals surface area contributed by atoms with Crippen LogP contribution in [0.25, 0.3) is 0 Å². The average Bonchev–Trinajstić information content (AvgIpc) is 2.97. The number of rotatable bonds is 15. The number of nitrogens with zero attached hydrogens (tertiary/aromatic N) is 1. The van der Waals surface area contributed by atoms with E-state index in [1.807, 2.05) is 30.3 Å². The summed E-state index contributed by atoms with van der Waals surface area (Å²) in [5, 5.41) is 25.8. The van der Waals surface area contributed by atoms with Crippen molar-refractivity contribution in [1.29, 1.82) is 0 Å². The lowest BCUT2D eigenvalue weighted by molar-refractivity contribution is -0.159. The summed E-state index contributed by atoms with van der Waals surface area (Å²) in [6.45, 7) is 13.3. The molecule has 2 rings (SSSR count). The van der Waals surface area contributed by atoms with Gasteiger partial charge in [-0.05, 0) is 83.7 Å². The second-order valence-corrected chi connectivity index (χ2v) is 13.7. The van der Waals surface area contributed by atoms with Gasteiger partial charge in [0.05, 0.1) is 6.61 Å². The van der Waals surface area contributed by atoms with E-state index in [0.29, 0.717) is 17.5 Å². The van der Waals surface area contributed by atoms with E-state index < -0.39 is 59.8 Å². The molecule has 3 amide bonds. The fraction of sp³-hybridized carbons (Fsp3) is 0.556. The number of aromatic hydroxyl groups is 1. The number of hydrogen-bond donors (Lipinski definition) is 4. The number of aliphatic hydroxyl groups excluding tert-OH is 1. The van der Waals surface area contributed by atoms with Gasteiger partial charge in [-0.25, -0.2) is 9.59 Å². The Morgan fingerprint density at radius 2 is 1.49 bits per heavy atom. The summed E-state index contributed by atoms with van der Waals surface area (Å²) < 4.78 is 11.0. The van der Waals surface area contributed by atoms with E-state index in [9.17, 15) is 29.4 Å². The van der Waals surface area contributed by atoms with Crippen molar-refractivity contribution in [3.63, 3.8) is 0 Å². The molecule has 3 atom stereocenters. The number of phenols is 1. The first kappa shape index (κ1) is 39.1. The summed E-state index contributed by atoms with van der Waals surface area (Å²) in [5.74, 6) is -2.02. The Morgan fingerprint density at radius 3 is 2.04 bits per heavy atom. The fourth-order valence-electron chi connectivity index (χ4n) is 4.90. The molecule has 4 N–H and O–H groups in total. The Labute approximate surface area is 279 Å². The van der Waals surface area contributed by atoms with Gasteiger partial charge in [0.15, 0.2) is 0 Å². The first-order valence-corrected chi connectivity index (χ1v) is 16.2. The zero-order chi connectivity index (χ0) is 35.4. The van der Waals surface area contributed by atoms with Crippen LogP contribution in [-0.2, 0) is 30.3 Å². The Bertz CT molecular complexity index is 1330. The van der Waals surface area contributed by atoms with E-state index in [4.69, 9.17) is 9.47 Å². The monoisotopic (exact) mass is 655 g/mol. The largest absolute Gasteiger partial charge is 0.508 e. The topological polar surface area (TPSA) is 154 Å². The second-order valence-electron chi connectivity index (χ2n) is 13.7. The normalized spacial score (nSPS) is 13.6. The van der Waals surface area contributed by atoms with E-state index in [2.05, 4.69) is 17.6 Å². The van der Waals surface area contributed by atoms with Crippen molar-refractivity contribution < 1.29 is 38.9 Å². The van der Waals surface area contributed by atoms with E-state index >= 15 is 0 Å². The van der Waals surface area contributed by atoms with Gasteiger partial charge in [0.1, 0.15) is 35.1 Å². The van der Waals surface area contributed by atoms with Crippen LogP contribution in [0.4, 0.5) is 4.79 Å². The highest BCUT2D eigenvalue weighted by atomic mass is 16.6. The van der Waals surface area contributed by atoms with Crippen LogP contribution in [0.3, 0.4) is 0 Å². The lowest BCUT2D eigenvalue weighted by Crippen LogP contribution is -2.56. The molecular weight excluding hydrogens is 602 g/mol. The van der Waals surface area contributed by atoms with Crippen LogP contribution >= 0.6 is 0 Å². The van der Waals surface area contributed by atoms with Crippen LogP contribution in [0.5, 0.6) is 5.75 Å². The quantitative estimate of drug-likeness (QED) is 0.153. The number of carbonyl (C=O) groups is 4. The van der Waals surface area contributed by atoms with Gasteiger partial charge in [-0.2, -0.15) is 0 Å². The van der Waals surface area contributed by atoms with Crippen molar-refractivity contribution in [2.45, 2.75) is 117 Å². The molecule has 0 heterocycles. The van der Waals surface area contributed by atoms with Gasteiger partial charge in [-0.15, -0.1) is 0 Å². The van der Waals surface area contributed by atoms with Crippen molar-refractivity contribution in [2.75, 3.05) is 13.2 Å². The van der Waals surface area contributed by atoms with Gasteiger partial charge in [0, 0.05) is 13.0 Å². The molecule has 0 aliphatic carbocycles. The molecule has 0 aliphatic rings. The predicted octanol–water partition coefficient (Wildman–Crippen LogP) is 5.11. The fourth-order valence-corrected chi connectivity index (χ4v) is 4.90. The third-order valence-corrected chi connectivity index (χ3v) is 7.09. The van der Waals surface area contributed by atoms with Gasteiger partial charge in [-0.3, -0.25) is 9.59 Å². The highest BCUT2D eigenvalue weighted by Gasteiger charge is 2.38. The third kappa shape index (κ3) is 13.3. The summed E-state index contributed by atoms with van der Waals surface area (Å²) in [5.41, 5.74) is -0.0488. The molecule has 11 heteroatoms. The van der Waals surface area contributed by atoms with Gasteiger partial charge in [0.2, 0.25) is 11.8 Å². The second kappa shape index (κ2) is 17.7. The van der Waals surface area contributed by atoms with Crippen molar-refractivity contribution in [3.8, 4) is 5.75 Å². The number of aliphatic hydroxyl groups is 1. The van der Waals surface area contributed by atoms with Gasteiger partial charge < -0.3 is 35.2 Å². The predicted molar refractivity (Wildman–Crippen MR) is 180 cm³/mol. The van der Waals surface area contributed by atoms with Gasteiger partial charge in [0.25, 0.3) is 0 Å². The molecule has 0 saturated carbocycles. The molecule has 2 aromatic rings. The summed E-state index contributed by atoms with van der Waals surface area (Å²) in [6.07, 6.45) is 2.36. The molecular formula is C36H53N3O8. The molecule has 0 aliphatic heterocycles. The molecule has 47 heavy (non-hydrogen) atoms. The van der Waals surface area contributed by atoms with Gasteiger partial charge >= 0.3 is 12.1 Å². The number of nitrogens with one attached hydrogen (secondary N) is 2. The minimum absolute atomic E-state index is 0.00395. The van der Waals surface area contributed by atoms with Crippen molar-refractivity contribution >= 4 is 23.9 Å². The lowest BCUT2D eigenvalue weighted by Gasteiger charge is -2.35. The van der Waals surface area contributed by atoms with Crippen molar-refractivity contribution in [2.24, 2.45) is 0 Å². The number of benzene rings is 2. The van der Waals surface area contributed by atoms with E-state index in [1.54, 1.807) is 54.5 Å². The average molecular weight is 656 g/mol. The van der Waals surface area contributed by atoms with Crippen LogP contribution in [0.15, 0.2) is 48.5 Å². The minimum Gasteiger partial charge on any atom is -0.508 e. The Balaban J connectivity index is 2.61. The molecule has 11 nitrogen and oxygen atoms in total. The highest BCUT2D eigenvalue weighted by molar-refractivity contribution is 5.94. The molecule has 0 fully saturated rings. The molecule has 0 bridgehead atoms. The van der Waals surface area contributed by atoms with Crippen molar-refractivity contribution in [1.82, 2.24) is 15.5 Å². The van der Waals surface area contributed by atoms with Crippen LogP contribution in [0.1, 0.15) is 96.9 Å². The summed E-state index contributed by atoms with van der Waals surface area (Å²) in [7, 11) is 0. The highest BCUT2D eigenvalue weighted by Crippen LogP contribution is 2.28. The SMILES string of the molecule is CCCCCCN(C(=O)C(CO)NC(=O)OC(C)(C)C)C(C(=O)NC(Cc1ccccc1)C(=O)OC(C)(C)C)c1ccc(O)c(C)c1. The van der Waals surface area contributed by atoms with Crippen LogP contribution in [0.2, 0.25) is 0 Å². The number of carbonyl (C=O) groups excluding carboxylic acids is 4.